The van der Waals surface area contributed by atoms with Crippen LogP contribution in [0.1, 0.15) is 58.2 Å². The number of nitrogens with zero attached hydrogens (tertiary/aromatic N) is 5. The fourth-order valence-corrected chi connectivity index (χ4v) is 5.74. The van der Waals surface area contributed by atoms with Crippen molar-refractivity contribution < 1.29 is 14.6 Å². The Morgan fingerprint density at radius 3 is 2.51 bits per heavy atom. The summed E-state index contributed by atoms with van der Waals surface area (Å²) >= 11 is 1.66. The maximum atomic E-state index is 12.5. The van der Waals surface area contributed by atoms with Gasteiger partial charge in [0.05, 0.1) is 24.3 Å². The number of phenolic OH excluding ortho intramolecular Hbond substituents is 1. The number of carbonyl (C=O) groups is 1. The Bertz CT molecular complexity index is 1590. The van der Waals surface area contributed by atoms with Gasteiger partial charge in [0.2, 0.25) is 0 Å². The minimum absolute atomic E-state index is 0.0403. The van der Waals surface area contributed by atoms with Crippen LogP contribution < -0.4 is 0 Å². The number of hydrogen-bond acceptors (Lipinski definition) is 8. The number of rotatable bonds is 5. The monoisotopic (exact) mass is 511 g/mol. The van der Waals surface area contributed by atoms with Crippen LogP contribution in [-0.4, -0.2) is 38.2 Å². The van der Waals surface area contributed by atoms with E-state index < -0.39 is 6.04 Å². The lowest BCUT2D eigenvalue weighted by molar-refractivity contribution is -0.143. The van der Waals surface area contributed by atoms with Gasteiger partial charge < -0.3 is 9.84 Å². The summed E-state index contributed by atoms with van der Waals surface area (Å²) in [4.78, 5) is 18.8. The molecule has 37 heavy (non-hydrogen) atoms. The zero-order valence-corrected chi connectivity index (χ0v) is 21.8. The Morgan fingerprint density at radius 2 is 1.81 bits per heavy atom. The number of benzene rings is 2. The Balaban J connectivity index is 1.64. The van der Waals surface area contributed by atoms with Crippen LogP contribution in [0.3, 0.4) is 0 Å². The van der Waals surface area contributed by atoms with Gasteiger partial charge in [0.15, 0.2) is 5.82 Å². The number of aromatic hydroxyl groups is 1. The lowest BCUT2D eigenvalue weighted by atomic mass is 9.96. The molecule has 0 bridgehead atoms. The first-order valence-corrected chi connectivity index (χ1v) is 12.7. The quantitative estimate of drug-likeness (QED) is 0.362. The molecule has 0 spiro atoms. The molecule has 1 N–H and O–H groups in total. The zero-order chi connectivity index (χ0) is 26.3. The van der Waals surface area contributed by atoms with Crippen LogP contribution in [-0.2, 0) is 9.53 Å². The van der Waals surface area contributed by atoms with Crippen molar-refractivity contribution in [2.45, 2.75) is 40.2 Å². The number of thiophene rings is 1. The number of aromatic nitrogens is 3. The predicted molar refractivity (Wildman–Crippen MR) is 141 cm³/mol. The van der Waals surface area contributed by atoms with E-state index in [0.29, 0.717) is 12.4 Å². The molecular formula is C28H25N5O3S. The van der Waals surface area contributed by atoms with E-state index in [1.807, 2.05) is 41.8 Å². The smallest absolute Gasteiger partial charge is 0.308 e. The third-order valence-electron chi connectivity index (χ3n) is 6.51. The van der Waals surface area contributed by atoms with Crippen molar-refractivity contribution in [1.29, 1.82) is 5.26 Å². The van der Waals surface area contributed by atoms with Crippen molar-refractivity contribution in [2.75, 3.05) is 6.61 Å². The lowest BCUT2D eigenvalue weighted by Gasteiger charge is -2.12. The first-order valence-electron chi connectivity index (χ1n) is 11.9. The van der Waals surface area contributed by atoms with E-state index in [4.69, 9.17) is 9.73 Å². The molecular weight excluding hydrogens is 486 g/mol. The summed E-state index contributed by atoms with van der Waals surface area (Å²) in [6, 6.07) is 14.4. The summed E-state index contributed by atoms with van der Waals surface area (Å²) in [5, 5.41) is 28.8. The van der Waals surface area contributed by atoms with Crippen LogP contribution in [0, 0.1) is 32.1 Å². The van der Waals surface area contributed by atoms with Crippen molar-refractivity contribution in [3.63, 3.8) is 0 Å². The molecule has 186 valence electrons. The van der Waals surface area contributed by atoms with Crippen molar-refractivity contribution in [1.82, 2.24) is 14.8 Å². The highest BCUT2D eigenvalue weighted by molar-refractivity contribution is 7.15. The standard InChI is InChI=1S/C28H25N5O3S/c1-5-36-24(35)13-22-27-32-31-17(4)33(27)28-25(15(2)16(3)37-28)26(30-22)19-8-6-18(7-9-19)20-10-11-23(34)21(12-20)14-29/h6-12,22,34H,5,13H2,1-4H3/t22-/m0/s1. The van der Waals surface area contributed by atoms with Crippen LogP contribution >= 0.6 is 11.3 Å². The summed E-state index contributed by atoms with van der Waals surface area (Å²) in [5.74, 6) is 0.977. The van der Waals surface area contributed by atoms with Gasteiger partial charge in [-0.1, -0.05) is 30.3 Å². The molecule has 0 unspecified atom stereocenters. The zero-order valence-electron chi connectivity index (χ0n) is 20.9. The van der Waals surface area contributed by atoms with Gasteiger partial charge in [0.1, 0.15) is 28.7 Å². The van der Waals surface area contributed by atoms with Crippen LogP contribution in [0.4, 0.5) is 0 Å². The van der Waals surface area contributed by atoms with Gasteiger partial charge in [-0.3, -0.25) is 14.4 Å². The normalized spacial score (nSPS) is 14.2. The van der Waals surface area contributed by atoms with E-state index in [2.05, 4.69) is 24.0 Å². The van der Waals surface area contributed by atoms with Crippen LogP contribution in [0.15, 0.2) is 47.5 Å². The average Bonchev–Trinajstić information content (AvgIpc) is 3.36. The van der Waals surface area contributed by atoms with E-state index in [0.717, 1.165) is 44.4 Å². The van der Waals surface area contributed by atoms with Gasteiger partial charge in [-0.25, -0.2) is 0 Å². The van der Waals surface area contributed by atoms with E-state index in [9.17, 15) is 15.2 Å². The lowest BCUT2D eigenvalue weighted by Crippen LogP contribution is -2.13. The van der Waals surface area contributed by atoms with Crippen molar-refractivity contribution >= 4 is 23.0 Å². The number of esters is 1. The van der Waals surface area contributed by atoms with Gasteiger partial charge in [-0.15, -0.1) is 21.5 Å². The molecule has 3 heterocycles. The fraction of sp³-hybridized carbons (Fsp3) is 0.250. The molecule has 0 aliphatic carbocycles. The number of aryl methyl sites for hydroxylation is 2. The molecule has 5 rings (SSSR count). The number of hydrogen-bond donors (Lipinski definition) is 1. The fourth-order valence-electron chi connectivity index (χ4n) is 4.53. The first-order chi connectivity index (χ1) is 17.8. The molecule has 2 aromatic carbocycles. The highest BCUT2D eigenvalue weighted by atomic mass is 32.1. The minimum Gasteiger partial charge on any atom is -0.507 e. The van der Waals surface area contributed by atoms with Crippen molar-refractivity contribution in [2.24, 2.45) is 4.99 Å². The molecule has 4 aromatic rings. The molecule has 0 saturated carbocycles. The molecule has 1 atom stereocenters. The molecule has 9 heteroatoms. The van der Waals surface area contributed by atoms with Gasteiger partial charge in [0.25, 0.3) is 0 Å². The van der Waals surface area contributed by atoms with Gasteiger partial charge in [-0.2, -0.15) is 5.26 Å². The number of nitriles is 1. The maximum Gasteiger partial charge on any atom is 0.308 e. The summed E-state index contributed by atoms with van der Waals surface area (Å²) < 4.78 is 7.25. The second kappa shape index (κ2) is 9.64. The van der Waals surface area contributed by atoms with Crippen molar-refractivity contribution in [3.05, 3.63) is 81.2 Å². The maximum absolute atomic E-state index is 12.5. The van der Waals surface area contributed by atoms with E-state index in [1.54, 1.807) is 30.4 Å². The van der Waals surface area contributed by atoms with Crippen LogP contribution in [0.25, 0.3) is 16.1 Å². The SMILES string of the molecule is CCOC(=O)C[C@@H]1N=C(c2ccc(-c3ccc(O)c(C#N)c3)cc2)c2c(sc(C)c2C)-n2c(C)nnc21. The number of phenols is 1. The predicted octanol–water partition coefficient (Wildman–Crippen LogP) is 5.34. The van der Waals surface area contributed by atoms with Crippen molar-refractivity contribution in [3.8, 4) is 27.9 Å². The second-order valence-electron chi connectivity index (χ2n) is 8.83. The van der Waals surface area contributed by atoms with Gasteiger partial charge in [-0.05, 0) is 56.5 Å². The van der Waals surface area contributed by atoms with Crippen LogP contribution in [0.2, 0.25) is 0 Å². The summed E-state index contributed by atoms with van der Waals surface area (Å²) in [6.07, 6.45) is 0.0605. The Hall–Kier alpha value is -4.29. The van der Waals surface area contributed by atoms with Gasteiger partial charge in [0, 0.05) is 16.0 Å². The second-order valence-corrected chi connectivity index (χ2v) is 10.0. The van der Waals surface area contributed by atoms with Crippen LogP contribution in [0.5, 0.6) is 5.75 Å². The molecule has 0 radical (unpaired) electrons. The van der Waals surface area contributed by atoms with Gasteiger partial charge >= 0.3 is 5.97 Å². The number of ether oxygens (including phenoxy) is 1. The molecule has 0 amide bonds. The summed E-state index contributed by atoms with van der Waals surface area (Å²) in [5.41, 5.74) is 5.77. The Kier molecular flexibility index (Phi) is 6.36. The third kappa shape index (κ3) is 4.30. The average molecular weight is 512 g/mol. The summed E-state index contributed by atoms with van der Waals surface area (Å²) in [7, 11) is 0. The van der Waals surface area contributed by atoms with E-state index in [1.165, 1.54) is 10.9 Å². The Morgan fingerprint density at radius 1 is 1.11 bits per heavy atom. The third-order valence-corrected chi connectivity index (χ3v) is 7.71. The van der Waals surface area contributed by atoms with E-state index >= 15 is 0 Å². The topological polar surface area (TPSA) is 113 Å². The molecule has 8 nitrogen and oxygen atoms in total. The highest BCUT2D eigenvalue weighted by Gasteiger charge is 2.32. The molecule has 1 aliphatic heterocycles. The molecule has 2 aromatic heterocycles. The number of aliphatic imine (C=N–C) groups is 1. The Labute approximate surface area is 218 Å². The minimum atomic E-state index is -0.551. The largest absolute Gasteiger partial charge is 0.507 e. The molecule has 0 fully saturated rings. The summed E-state index contributed by atoms with van der Waals surface area (Å²) in [6.45, 7) is 8.15. The number of fused-ring (bicyclic) bond motifs is 3. The first kappa shape index (κ1) is 24.4. The number of carbonyl (C=O) groups excluding carboxylic acids is 1. The van der Waals surface area contributed by atoms with E-state index in [-0.39, 0.29) is 23.7 Å². The highest BCUT2D eigenvalue weighted by Crippen LogP contribution is 2.40. The molecule has 1 aliphatic rings. The molecule has 0 saturated heterocycles.